The highest BCUT2D eigenvalue weighted by molar-refractivity contribution is 7.92. The van der Waals surface area contributed by atoms with E-state index < -0.39 is 10.0 Å². The van der Waals surface area contributed by atoms with Crippen LogP contribution in [0.4, 0.5) is 5.69 Å². The van der Waals surface area contributed by atoms with Gasteiger partial charge in [0.05, 0.1) is 25.1 Å². The number of amides is 1. The third-order valence-electron chi connectivity index (χ3n) is 5.17. The molecule has 0 spiro atoms. The van der Waals surface area contributed by atoms with Crippen molar-refractivity contribution in [2.75, 3.05) is 24.2 Å². The van der Waals surface area contributed by atoms with Gasteiger partial charge >= 0.3 is 0 Å². The molecule has 0 unspecified atom stereocenters. The molecule has 2 aromatic carbocycles. The van der Waals surface area contributed by atoms with Crippen molar-refractivity contribution in [1.29, 1.82) is 0 Å². The summed E-state index contributed by atoms with van der Waals surface area (Å²) in [6, 6.07) is 15.1. The van der Waals surface area contributed by atoms with Gasteiger partial charge in [0.25, 0.3) is 0 Å². The summed E-state index contributed by atoms with van der Waals surface area (Å²) in [5.74, 6) is 0.366. The van der Waals surface area contributed by atoms with E-state index in [-0.39, 0.29) is 30.3 Å². The summed E-state index contributed by atoms with van der Waals surface area (Å²) < 4.78 is 31.2. The number of carbonyl (C=O) groups excluding carboxylic acids is 1. The van der Waals surface area contributed by atoms with Gasteiger partial charge < -0.3 is 10.1 Å². The topological polar surface area (TPSA) is 75.7 Å². The number of nitrogens with zero attached hydrogens (tertiary/aromatic N) is 1. The molecule has 31 heavy (non-hydrogen) atoms. The molecule has 0 saturated carbocycles. The number of sulfonamides is 1. The minimum absolute atomic E-state index is 0.0813. The Balaban J connectivity index is 1.96. The number of methoxy groups -OCH3 is 1. The fourth-order valence-electron chi connectivity index (χ4n) is 3.35. The molecule has 0 fully saturated rings. The first-order chi connectivity index (χ1) is 14.4. The lowest BCUT2D eigenvalue weighted by Crippen LogP contribution is -2.32. The van der Waals surface area contributed by atoms with Gasteiger partial charge in [0.1, 0.15) is 5.75 Å². The molecule has 170 valence electrons. The van der Waals surface area contributed by atoms with Crippen LogP contribution in [0.5, 0.6) is 5.75 Å². The Morgan fingerprint density at radius 1 is 1.10 bits per heavy atom. The second kappa shape index (κ2) is 10.2. The molecule has 6 nitrogen and oxygen atoms in total. The van der Waals surface area contributed by atoms with Crippen LogP contribution in [0.15, 0.2) is 48.5 Å². The van der Waals surface area contributed by atoms with Crippen LogP contribution in [0, 0.1) is 0 Å². The normalized spacial score (nSPS) is 12.8. The number of hydrogen-bond acceptors (Lipinski definition) is 4. The maximum Gasteiger partial charge on any atom is 0.232 e. The van der Waals surface area contributed by atoms with Gasteiger partial charge in [-0.2, -0.15) is 0 Å². The van der Waals surface area contributed by atoms with E-state index in [2.05, 4.69) is 38.2 Å². The highest BCUT2D eigenvalue weighted by Gasteiger charge is 2.21. The first-order valence-electron chi connectivity index (χ1n) is 10.4. The van der Waals surface area contributed by atoms with Crippen molar-refractivity contribution < 1.29 is 17.9 Å². The molecule has 0 aliphatic carbocycles. The smallest absolute Gasteiger partial charge is 0.232 e. The van der Waals surface area contributed by atoms with Gasteiger partial charge in [-0.25, -0.2) is 8.42 Å². The molecule has 7 heteroatoms. The van der Waals surface area contributed by atoms with Crippen LogP contribution in [-0.4, -0.2) is 34.2 Å². The van der Waals surface area contributed by atoms with Crippen LogP contribution in [-0.2, 0) is 20.2 Å². The van der Waals surface area contributed by atoms with Crippen LogP contribution >= 0.6 is 0 Å². The summed E-state index contributed by atoms with van der Waals surface area (Å²) in [6.07, 6.45) is 1.78. The van der Waals surface area contributed by atoms with Crippen molar-refractivity contribution in [3.05, 3.63) is 59.7 Å². The lowest BCUT2D eigenvalue weighted by atomic mass is 9.86. The minimum atomic E-state index is -3.51. The van der Waals surface area contributed by atoms with Gasteiger partial charge in [-0.1, -0.05) is 57.2 Å². The van der Waals surface area contributed by atoms with Crippen molar-refractivity contribution in [3.8, 4) is 5.75 Å². The Bertz CT molecular complexity index is 979. The molecule has 0 aliphatic rings. The first-order valence-corrected chi connectivity index (χ1v) is 12.3. The average molecular weight is 447 g/mol. The summed E-state index contributed by atoms with van der Waals surface area (Å²) in [4.78, 5) is 12.4. The number of ether oxygens (including phenoxy) is 1. The number of carbonyl (C=O) groups is 1. The Kier molecular flexibility index (Phi) is 8.12. The standard InChI is InChI=1S/C24H34N2O4S/c1-18(19-13-15-20(16-14-19)24(2,3)4)25-23(27)12-9-17-26(31(6,28)29)21-10-7-8-11-22(21)30-5/h7-8,10-11,13-16,18H,9,12,17H2,1-6H3,(H,25,27)/t18-/m1/s1. The summed E-state index contributed by atoms with van der Waals surface area (Å²) in [5.41, 5.74) is 2.83. The third-order valence-corrected chi connectivity index (χ3v) is 6.35. The van der Waals surface area contributed by atoms with Gasteiger partial charge in [0, 0.05) is 13.0 Å². The van der Waals surface area contributed by atoms with Gasteiger partial charge in [-0.3, -0.25) is 9.10 Å². The van der Waals surface area contributed by atoms with Crippen LogP contribution in [0.25, 0.3) is 0 Å². The summed E-state index contributed by atoms with van der Waals surface area (Å²) in [6.45, 7) is 8.64. The lowest BCUT2D eigenvalue weighted by Gasteiger charge is -2.24. The molecular weight excluding hydrogens is 412 g/mol. The number of nitrogens with one attached hydrogen (secondary N) is 1. The molecule has 1 atom stereocenters. The summed E-state index contributed by atoms with van der Waals surface area (Å²) >= 11 is 0. The van der Waals surface area contributed by atoms with E-state index in [0.29, 0.717) is 17.9 Å². The molecule has 2 aromatic rings. The van der Waals surface area contributed by atoms with E-state index in [1.54, 1.807) is 24.3 Å². The van der Waals surface area contributed by atoms with E-state index in [4.69, 9.17) is 4.74 Å². The third kappa shape index (κ3) is 6.99. The fraction of sp³-hybridized carbons (Fsp3) is 0.458. The second-order valence-electron chi connectivity index (χ2n) is 8.77. The van der Waals surface area contributed by atoms with Crippen LogP contribution in [0.1, 0.15) is 57.7 Å². The largest absolute Gasteiger partial charge is 0.495 e. The second-order valence-corrected chi connectivity index (χ2v) is 10.7. The fourth-order valence-corrected chi connectivity index (χ4v) is 4.32. The summed E-state index contributed by atoms with van der Waals surface area (Å²) in [7, 11) is -2.01. The minimum Gasteiger partial charge on any atom is -0.495 e. The molecular formula is C24H34N2O4S. The Hall–Kier alpha value is -2.54. The van der Waals surface area contributed by atoms with Crippen LogP contribution < -0.4 is 14.4 Å². The monoisotopic (exact) mass is 446 g/mol. The van der Waals surface area contributed by atoms with Crippen molar-refractivity contribution >= 4 is 21.6 Å². The first kappa shape index (κ1) is 24.7. The number of rotatable bonds is 9. The van der Waals surface area contributed by atoms with Crippen molar-refractivity contribution in [2.24, 2.45) is 0 Å². The molecule has 0 heterocycles. The Morgan fingerprint density at radius 2 is 1.71 bits per heavy atom. The van der Waals surface area contributed by atoms with E-state index in [1.807, 2.05) is 19.1 Å². The van der Waals surface area contributed by atoms with Gasteiger partial charge in [0.2, 0.25) is 15.9 Å². The number of para-hydroxylation sites is 2. The van der Waals surface area contributed by atoms with Gasteiger partial charge in [-0.15, -0.1) is 0 Å². The van der Waals surface area contributed by atoms with Gasteiger partial charge in [0.15, 0.2) is 0 Å². The zero-order valence-electron chi connectivity index (χ0n) is 19.3. The maximum absolute atomic E-state index is 12.4. The zero-order chi connectivity index (χ0) is 23.2. The number of benzene rings is 2. The lowest BCUT2D eigenvalue weighted by molar-refractivity contribution is -0.121. The number of hydrogen-bond donors (Lipinski definition) is 1. The van der Waals surface area contributed by atoms with Crippen LogP contribution in [0.2, 0.25) is 0 Å². The van der Waals surface area contributed by atoms with E-state index in [1.165, 1.54) is 17.0 Å². The van der Waals surface area contributed by atoms with Gasteiger partial charge in [-0.05, 0) is 42.0 Å². The van der Waals surface area contributed by atoms with Crippen LogP contribution in [0.3, 0.4) is 0 Å². The maximum atomic E-state index is 12.4. The van der Waals surface area contributed by atoms with Crippen molar-refractivity contribution in [1.82, 2.24) is 5.32 Å². The molecule has 1 N–H and O–H groups in total. The number of anilines is 1. The Labute approximate surface area is 186 Å². The predicted molar refractivity (Wildman–Crippen MR) is 126 cm³/mol. The molecule has 2 rings (SSSR count). The highest BCUT2D eigenvalue weighted by atomic mass is 32.2. The SMILES string of the molecule is COc1ccccc1N(CCCC(=O)N[C@H](C)c1ccc(C(C)(C)C)cc1)S(C)(=O)=O. The molecule has 0 radical (unpaired) electrons. The molecule has 0 saturated heterocycles. The highest BCUT2D eigenvalue weighted by Crippen LogP contribution is 2.29. The molecule has 1 amide bonds. The molecule has 0 bridgehead atoms. The average Bonchev–Trinajstić information content (AvgIpc) is 2.69. The molecule has 0 aromatic heterocycles. The Morgan fingerprint density at radius 3 is 2.26 bits per heavy atom. The predicted octanol–water partition coefficient (Wildman–Crippen LogP) is 4.42. The zero-order valence-corrected chi connectivity index (χ0v) is 20.1. The quantitative estimate of drug-likeness (QED) is 0.619. The van der Waals surface area contributed by atoms with E-state index in [0.717, 1.165) is 11.8 Å². The van der Waals surface area contributed by atoms with Crippen molar-refractivity contribution in [3.63, 3.8) is 0 Å². The molecule has 0 aliphatic heterocycles. The van der Waals surface area contributed by atoms with E-state index in [9.17, 15) is 13.2 Å². The van der Waals surface area contributed by atoms with E-state index >= 15 is 0 Å². The van der Waals surface area contributed by atoms with Crippen molar-refractivity contribution in [2.45, 2.75) is 52.0 Å². The summed E-state index contributed by atoms with van der Waals surface area (Å²) in [5, 5.41) is 3.00.